The summed E-state index contributed by atoms with van der Waals surface area (Å²) in [7, 11) is 0. The van der Waals surface area contributed by atoms with Crippen LogP contribution in [0, 0.1) is 0 Å². The van der Waals surface area contributed by atoms with Gasteiger partial charge in [0, 0.05) is 70.5 Å². The van der Waals surface area contributed by atoms with Crippen molar-refractivity contribution in [2.24, 2.45) is 0 Å². The molecule has 63 heavy (non-hydrogen) atoms. The van der Waals surface area contributed by atoms with Crippen LogP contribution in [0.5, 0.6) is 0 Å². The first-order chi connectivity index (χ1) is 31.3. The average Bonchev–Trinajstić information content (AvgIpc) is 3.93. The lowest BCUT2D eigenvalue weighted by atomic mass is 10.1. The van der Waals surface area contributed by atoms with Crippen LogP contribution in [-0.2, 0) is 0 Å². The van der Waals surface area contributed by atoms with Gasteiger partial charge < -0.3 is 14.7 Å². The third-order valence-corrected chi connectivity index (χ3v) is 14.4. The molecule has 0 saturated carbocycles. The molecule has 298 valence electrons. The van der Waals surface area contributed by atoms with Crippen molar-refractivity contribution in [2.45, 2.75) is 0 Å². The van der Waals surface area contributed by atoms with Crippen molar-refractivity contribution in [3.8, 4) is 0 Å². The molecule has 3 nitrogen and oxygen atoms in total. The van der Waals surface area contributed by atoms with E-state index in [4.69, 9.17) is 0 Å². The Morgan fingerprint density at radius 2 is 0.651 bits per heavy atom. The standard InChI is InChI=1S/C58H39N3S2/c1-4-19-41(20-5-1)59(42-21-6-2-7-22-42)44-33-35-45(36-34-44)61(53-30-15-27-50-48-26-12-13-32-55(48)62-57(50)53)54-31-16-28-51-49-38-37-46(39-56(49)63-58(51)54)60(43-23-8-3-9-24-43)52-29-14-18-40-17-10-11-25-47(40)52/h1-39H. The van der Waals surface area contributed by atoms with E-state index in [1.54, 1.807) is 0 Å². The first kappa shape index (κ1) is 37.1. The number of thiophene rings is 2. The molecule has 0 saturated heterocycles. The maximum absolute atomic E-state index is 2.49. The van der Waals surface area contributed by atoms with Crippen LogP contribution in [0.3, 0.4) is 0 Å². The predicted octanol–water partition coefficient (Wildman–Crippen LogP) is 18.0. The second kappa shape index (κ2) is 15.6. The Balaban J connectivity index is 1.05. The van der Waals surface area contributed by atoms with Gasteiger partial charge in [0.1, 0.15) is 0 Å². The van der Waals surface area contributed by atoms with Crippen LogP contribution < -0.4 is 14.7 Å². The molecule has 0 amide bonds. The summed E-state index contributed by atoms with van der Waals surface area (Å²) in [6.45, 7) is 0. The van der Waals surface area contributed by atoms with Gasteiger partial charge >= 0.3 is 0 Å². The Morgan fingerprint density at radius 1 is 0.238 bits per heavy atom. The van der Waals surface area contributed by atoms with Crippen molar-refractivity contribution >= 4 is 125 Å². The molecule has 0 aliphatic rings. The Kier molecular flexibility index (Phi) is 9.21. The molecule has 0 bridgehead atoms. The minimum Gasteiger partial charge on any atom is -0.311 e. The van der Waals surface area contributed by atoms with Crippen molar-refractivity contribution < 1.29 is 0 Å². The molecule has 12 aromatic rings. The maximum Gasteiger partial charge on any atom is 0.0640 e. The zero-order chi connectivity index (χ0) is 41.7. The number of anilines is 9. The van der Waals surface area contributed by atoms with Crippen molar-refractivity contribution in [1.82, 2.24) is 0 Å². The van der Waals surface area contributed by atoms with Gasteiger partial charge in [0.15, 0.2) is 0 Å². The zero-order valence-electron chi connectivity index (χ0n) is 34.2. The third kappa shape index (κ3) is 6.49. The number of nitrogens with zero attached hydrogens (tertiary/aromatic N) is 3. The number of fused-ring (bicyclic) bond motifs is 7. The lowest BCUT2D eigenvalue weighted by Crippen LogP contribution is -2.12. The fourth-order valence-electron chi connectivity index (χ4n) is 9.16. The SMILES string of the molecule is c1ccc(N(c2ccccc2)c2ccc(N(c3cccc4c3sc3ccccc34)c3cccc4c3sc3cc(N(c5ccccc5)c5cccc6ccccc56)ccc34)cc2)cc1. The highest BCUT2D eigenvalue weighted by Gasteiger charge is 2.23. The molecule has 12 rings (SSSR count). The van der Waals surface area contributed by atoms with Gasteiger partial charge in [0.2, 0.25) is 0 Å². The summed E-state index contributed by atoms with van der Waals surface area (Å²) >= 11 is 3.74. The number of hydrogen-bond donors (Lipinski definition) is 0. The van der Waals surface area contributed by atoms with Crippen LogP contribution >= 0.6 is 22.7 Å². The zero-order valence-corrected chi connectivity index (χ0v) is 35.8. The van der Waals surface area contributed by atoms with E-state index >= 15 is 0 Å². The van der Waals surface area contributed by atoms with Crippen molar-refractivity contribution in [3.05, 3.63) is 237 Å². The normalized spacial score (nSPS) is 11.5. The summed E-state index contributed by atoms with van der Waals surface area (Å²) < 4.78 is 5.05. The van der Waals surface area contributed by atoms with Crippen LogP contribution in [0.1, 0.15) is 0 Å². The molecule has 0 unspecified atom stereocenters. The van der Waals surface area contributed by atoms with Gasteiger partial charge in [0.05, 0.1) is 26.5 Å². The van der Waals surface area contributed by atoms with Gasteiger partial charge in [-0.25, -0.2) is 0 Å². The summed E-state index contributed by atoms with van der Waals surface area (Å²) in [4.78, 5) is 7.21. The average molecular weight is 842 g/mol. The number of hydrogen-bond acceptors (Lipinski definition) is 5. The maximum atomic E-state index is 2.49. The molecule has 2 aromatic heterocycles. The molecule has 10 aromatic carbocycles. The Morgan fingerprint density at radius 3 is 1.29 bits per heavy atom. The van der Waals surface area contributed by atoms with Gasteiger partial charge in [0.25, 0.3) is 0 Å². The van der Waals surface area contributed by atoms with Gasteiger partial charge in [-0.3, -0.25) is 0 Å². The van der Waals surface area contributed by atoms with Crippen LogP contribution in [-0.4, -0.2) is 0 Å². The van der Waals surface area contributed by atoms with Crippen molar-refractivity contribution in [2.75, 3.05) is 14.7 Å². The molecular formula is C58H39N3S2. The highest BCUT2D eigenvalue weighted by molar-refractivity contribution is 7.27. The summed E-state index contributed by atoms with van der Waals surface area (Å²) in [5, 5.41) is 7.51. The largest absolute Gasteiger partial charge is 0.311 e. The number of benzene rings is 10. The summed E-state index contributed by atoms with van der Waals surface area (Å²) in [5.74, 6) is 0. The fraction of sp³-hybridized carbons (Fsp3) is 0. The molecule has 0 fully saturated rings. The summed E-state index contributed by atoms with van der Waals surface area (Å²) in [6.07, 6.45) is 0. The highest BCUT2D eigenvalue weighted by Crippen LogP contribution is 2.50. The smallest absolute Gasteiger partial charge is 0.0640 e. The third-order valence-electron chi connectivity index (χ3n) is 12.0. The molecule has 0 N–H and O–H groups in total. The van der Waals surface area contributed by atoms with E-state index in [0.717, 1.165) is 45.5 Å². The molecule has 0 aliphatic heterocycles. The predicted molar refractivity (Wildman–Crippen MR) is 274 cm³/mol. The van der Waals surface area contributed by atoms with E-state index in [1.165, 1.54) is 56.8 Å². The molecule has 0 spiro atoms. The van der Waals surface area contributed by atoms with Gasteiger partial charge in [-0.15, -0.1) is 22.7 Å². The number of para-hydroxylation sites is 3. The monoisotopic (exact) mass is 841 g/mol. The number of rotatable bonds is 9. The van der Waals surface area contributed by atoms with Gasteiger partial charge in [-0.2, -0.15) is 0 Å². The summed E-state index contributed by atoms with van der Waals surface area (Å²) in [5.41, 5.74) is 10.2. The van der Waals surface area contributed by atoms with E-state index in [2.05, 4.69) is 251 Å². The lowest BCUT2D eigenvalue weighted by Gasteiger charge is -2.29. The minimum absolute atomic E-state index is 1.10. The minimum atomic E-state index is 1.10. The second-order valence-electron chi connectivity index (χ2n) is 15.7. The van der Waals surface area contributed by atoms with Crippen LogP contribution in [0.2, 0.25) is 0 Å². The quantitative estimate of drug-likeness (QED) is 0.143. The van der Waals surface area contributed by atoms with E-state index in [-0.39, 0.29) is 0 Å². The molecule has 0 atom stereocenters. The Bertz CT molecular complexity index is 3540. The molecule has 5 heteroatoms. The van der Waals surface area contributed by atoms with Crippen molar-refractivity contribution in [1.29, 1.82) is 0 Å². The van der Waals surface area contributed by atoms with E-state index in [1.807, 2.05) is 22.7 Å². The van der Waals surface area contributed by atoms with E-state index in [9.17, 15) is 0 Å². The first-order valence-electron chi connectivity index (χ1n) is 21.3. The van der Waals surface area contributed by atoms with Gasteiger partial charge in [-0.05, 0) is 102 Å². The Labute approximate surface area is 374 Å². The topological polar surface area (TPSA) is 9.72 Å². The van der Waals surface area contributed by atoms with Crippen LogP contribution in [0.4, 0.5) is 51.2 Å². The summed E-state index contributed by atoms with van der Waals surface area (Å²) in [6, 6.07) is 85.7. The molecular weight excluding hydrogens is 803 g/mol. The van der Waals surface area contributed by atoms with Crippen LogP contribution in [0.25, 0.3) is 51.1 Å². The molecule has 2 heterocycles. The van der Waals surface area contributed by atoms with Crippen molar-refractivity contribution in [3.63, 3.8) is 0 Å². The molecule has 0 radical (unpaired) electrons. The first-order valence-corrected chi connectivity index (χ1v) is 22.9. The van der Waals surface area contributed by atoms with E-state index in [0.29, 0.717) is 0 Å². The lowest BCUT2D eigenvalue weighted by molar-refractivity contribution is 1.27. The molecule has 0 aliphatic carbocycles. The fourth-order valence-corrected chi connectivity index (χ4v) is 11.6. The second-order valence-corrected chi connectivity index (χ2v) is 17.8. The van der Waals surface area contributed by atoms with Gasteiger partial charge in [-0.1, -0.05) is 140 Å². The van der Waals surface area contributed by atoms with Crippen LogP contribution in [0.15, 0.2) is 237 Å². The highest BCUT2D eigenvalue weighted by atomic mass is 32.1. The Hall–Kier alpha value is -7.70. The van der Waals surface area contributed by atoms with E-state index < -0.39 is 0 Å².